The average molecular weight is 237 g/mol. The fourth-order valence-electron chi connectivity index (χ4n) is 1.93. The van der Waals surface area contributed by atoms with Crippen LogP contribution in [0.4, 0.5) is 11.5 Å². The molecule has 4 N–H and O–H groups in total. The lowest BCUT2D eigenvalue weighted by molar-refractivity contribution is 0.0515. The summed E-state index contributed by atoms with van der Waals surface area (Å²) in [6.45, 7) is 8.37. The molecule has 4 heteroatoms. The number of hydrogen-bond acceptors (Lipinski definition) is 4. The number of pyridine rings is 1. The summed E-state index contributed by atoms with van der Waals surface area (Å²) in [6.07, 6.45) is 0.742. The van der Waals surface area contributed by atoms with Crippen LogP contribution in [0.2, 0.25) is 0 Å². The van der Waals surface area contributed by atoms with Gasteiger partial charge in [0.15, 0.2) is 0 Å². The van der Waals surface area contributed by atoms with Crippen molar-refractivity contribution in [3.05, 3.63) is 17.8 Å². The quantitative estimate of drug-likeness (QED) is 0.734. The first-order valence-electron chi connectivity index (χ1n) is 5.99. The zero-order valence-electron chi connectivity index (χ0n) is 11.1. The first-order chi connectivity index (χ1) is 7.80. The van der Waals surface area contributed by atoms with Crippen LogP contribution in [0.3, 0.4) is 0 Å². The Balaban J connectivity index is 2.63. The molecule has 0 bridgehead atoms. The molecule has 1 atom stereocenters. The monoisotopic (exact) mass is 237 g/mol. The Morgan fingerprint density at radius 3 is 2.71 bits per heavy atom. The molecule has 0 saturated carbocycles. The predicted molar refractivity (Wildman–Crippen MR) is 72.0 cm³/mol. The summed E-state index contributed by atoms with van der Waals surface area (Å²) < 4.78 is 0. The highest BCUT2D eigenvalue weighted by molar-refractivity contribution is 5.61. The van der Waals surface area contributed by atoms with E-state index in [1.54, 1.807) is 0 Å². The van der Waals surface area contributed by atoms with E-state index in [-0.39, 0.29) is 0 Å². The highest BCUT2D eigenvalue weighted by Crippen LogP contribution is 2.20. The standard InChI is InChI=1S/C13H23N3O/c1-9(2)7-13(4,17)8-15-12-11(14)6-5-10(3)16-12/h5-6,9,17H,7-8,14H2,1-4H3,(H,15,16). The molecule has 0 aliphatic carbocycles. The van der Waals surface area contributed by atoms with Crippen molar-refractivity contribution < 1.29 is 5.11 Å². The first-order valence-corrected chi connectivity index (χ1v) is 5.99. The molecule has 1 heterocycles. The molecule has 1 aromatic heterocycles. The molecule has 0 aliphatic heterocycles. The lowest BCUT2D eigenvalue weighted by Crippen LogP contribution is -2.35. The van der Waals surface area contributed by atoms with Gasteiger partial charge in [0.1, 0.15) is 5.82 Å². The minimum Gasteiger partial charge on any atom is -0.396 e. The normalized spacial score (nSPS) is 14.7. The van der Waals surface area contributed by atoms with E-state index in [0.29, 0.717) is 24.0 Å². The number of nitrogens with one attached hydrogen (secondary N) is 1. The number of aliphatic hydroxyl groups is 1. The molecule has 0 radical (unpaired) electrons. The van der Waals surface area contributed by atoms with E-state index in [1.807, 2.05) is 26.0 Å². The molecule has 0 amide bonds. The molecule has 4 nitrogen and oxygen atoms in total. The van der Waals surface area contributed by atoms with Gasteiger partial charge in [-0.25, -0.2) is 4.98 Å². The smallest absolute Gasteiger partial charge is 0.149 e. The number of rotatable bonds is 5. The van der Waals surface area contributed by atoms with Gasteiger partial charge in [0.2, 0.25) is 0 Å². The Kier molecular flexibility index (Phi) is 4.34. The fraction of sp³-hybridized carbons (Fsp3) is 0.615. The summed E-state index contributed by atoms with van der Waals surface area (Å²) in [5.74, 6) is 1.10. The molecule has 1 aromatic rings. The third-order valence-electron chi connectivity index (χ3n) is 2.55. The molecule has 0 aliphatic rings. The van der Waals surface area contributed by atoms with Crippen molar-refractivity contribution in [3.8, 4) is 0 Å². The Bertz CT molecular complexity index is 375. The van der Waals surface area contributed by atoms with Crippen molar-refractivity contribution in [2.75, 3.05) is 17.6 Å². The summed E-state index contributed by atoms with van der Waals surface area (Å²) in [7, 11) is 0. The largest absolute Gasteiger partial charge is 0.396 e. The van der Waals surface area contributed by atoms with Crippen LogP contribution in [0.15, 0.2) is 12.1 Å². The van der Waals surface area contributed by atoms with Gasteiger partial charge < -0.3 is 16.2 Å². The lowest BCUT2D eigenvalue weighted by Gasteiger charge is -2.26. The fourth-order valence-corrected chi connectivity index (χ4v) is 1.93. The van der Waals surface area contributed by atoms with Crippen LogP contribution >= 0.6 is 0 Å². The maximum Gasteiger partial charge on any atom is 0.149 e. The third kappa shape index (κ3) is 4.61. The molecule has 0 spiro atoms. The molecule has 96 valence electrons. The summed E-state index contributed by atoms with van der Waals surface area (Å²) in [5.41, 5.74) is 6.58. The molecule has 1 rings (SSSR count). The summed E-state index contributed by atoms with van der Waals surface area (Å²) in [4.78, 5) is 4.31. The Labute approximate surface area is 103 Å². The summed E-state index contributed by atoms with van der Waals surface area (Å²) in [6, 6.07) is 3.69. The minimum absolute atomic E-state index is 0.450. The Hall–Kier alpha value is -1.29. The van der Waals surface area contributed by atoms with Gasteiger partial charge >= 0.3 is 0 Å². The average Bonchev–Trinajstić information content (AvgIpc) is 2.17. The molecule has 1 unspecified atom stereocenters. The molecule has 17 heavy (non-hydrogen) atoms. The van der Waals surface area contributed by atoms with Crippen LogP contribution in [-0.2, 0) is 0 Å². The minimum atomic E-state index is -0.744. The van der Waals surface area contributed by atoms with E-state index in [4.69, 9.17) is 5.73 Å². The van der Waals surface area contributed by atoms with Crippen molar-refractivity contribution in [1.82, 2.24) is 4.98 Å². The highest BCUT2D eigenvalue weighted by Gasteiger charge is 2.21. The van der Waals surface area contributed by atoms with Crippen LogP contribution < -0.4 is 11.1 Å². The molecular weight excluding hydrogens is 214 g/mol. The summed E-state index contributed by atoms with van der Waals surface area (Å²) in [5, 5.41) is 13.3. The van der Waals surface area contributed by atoms with Crippen LogP contribution in [-0.4, -0.2) is 22.2 Å². The van der Waals surface area contributed by atoms with Crippen molar-refractivity contribution in [2.24, 2.45) is 5.92 Å². The highest BCUT2D eigenvalue weighted by atomic mass is 16.3. The van der Waals surface area contributed by atoms with Crippen molar-refractivity contribution in [3.63, 3.8) is 0 Å². The van der Waals surface area contributed by atoms with Crippen LogP contribution in [0, 0.1) is 12.8 Å². The van der Waals surface area contributed by atoms with Gasteiger partial charge in [-0.15, -0.1) is 0 Å². The maximum atomic E-state index is 10.2. The molecule has 0 saturated heterocycles. The zero-order chi connectivity index (χ0) is 13.1. The first kappa shape index (κ1) is 13.8. The molecular formula is C13H23N3O. The van der Waals surface area contributed by atoms with Gasteiger partial charge in [-0.05, 0) is 38.3 Å². The lowest BCUT2D eigenvalue weighted by atomic mass is 9.94. The van der Waals surface area contributed by atoms with Gasteiger partial charge in [0, 0.05) is 12.2 Å². The number of aryl methyl sites for hydroxylation is 1. The number of nitrogens with zero attached hydrogens (tertiary/aromatic N) is 1. The van der Waals surface area contributed by atoms with Gasteiger partial charge in [-0.1, -0.05) is 13.8 Å². The Morgan fingerprint density at radius 1 is 1.47 bits per heavy atom. The van der Waals surface area contributed by atoms with E-state index in [0.717, 1.165) is 12.1 Å². The SMILES string of the molecule is Cc1ccc(N)c(NCC(C)(O)CC(C)C)n1. The van der Waals surface area contributed by atoms with Crippen molar-refractivity contribution in [2.45, 2.75) is 39.7 Å². The number of nitrogens with two attached hydrogens (primary N) is 1. The van der Waals surface area contributed by atoms with E-state index >= 15 is 0 Å². The van der Waals surface area contributed by atoms with E-state index in [1.165, 1.54) is 0 Å². The molecule has 0 aromatic carbocycles. The summed E-state index contributed by atoms with van der Waals surface area (Å²) >= 11 is 0. The molecule has 0 fully saturated rings. The van der Waals surface area contributed by atoms with E-state index < -0.39 is 5.60 Å². The second-order valence-electron chi connectivity index (χ2n) is 5.34. The maximum absolute atomic E-state index is 10.2. The second kappa shape index (κ2) is 5.36. The van der Waals surface area contributed by atoms with Crippen LogP contribution in [0.1, 0.15) is 32.9 Å². The topological polar surface area (TPSA) is 71.2 Å². The number of nitrogen functional groups attached to an aromatic ring is 1. The van der Waals surface area contributed by atoms with Gasteiger partial charge in [-0.3, -0.25) is 0 Å². The third-order valence-corrected chi connectivity index (χ3v) is 2.55. The van der Waals surface area contributed by atoms with Gasteiger partial charge in [0.25, 0.3) is 0 Å². The van der Waals surface area contributed by atoms with E-state index in [2.05, 4.69) is 24.1 Å². The zero-order valence-corrected chi connectivity index (χ0v) is 11.1. The van der Waals surface area contributed by atoms with Crippen LogP contribution in [0.5, 0.6) is 0 Å². The van der Waals surface area contributed by atoms with Gasteiger partial charge in [0.05, 0.1) is 11.3 Å². The van der Waals surface area contributed by atoms with Gasteiger partial charge in [-0.2, -0.15) is 0 Å². The predicted octanol–water partition coefficient (Wildman–Crippen LogP) is 2.18. The van der Waals surface area contributed by atoms with Crippen molar-refractivity contribution in [1.29, 1.82) is 0 Å². The van der Waals surface area contributed by atoms with E-state index in [9.17, 15) is 5.11 Å². The van der Waals surface area contributed by atoms with Crippen LogP contribution in [0.25, 0.3) is 0 Å². The number of anilines is 2. The second-order valence-corrected chi connectivity index (χ2v) is 5.34. The number of aromatic nitrogens is 1. The van der Waals surface area contributed by atoms with Crippen molar-refractivity contribution >= 4 is 11.5 Å². The number of hydrogen-bond donors (Lipinski definition) is 3. The Morgan fingerprint density at radius 2 is 2.12 bits per heavy atom.